The van der Waals surface area contributed by atoms with Gasteiger partial charge in [-0.15, -0.1) is 0 Å². The Bertz CT molecular complexity index is 741. The molecule has 0 spiro atoms. The van der Waals surface area contributed by atoms with Crippen molar-refractivity contribution in [1.82, 2.24) is 0 Å². The Hall–Kier alpha value is -2.14. The second-order valence-electron chi connectivity index (χ2n) is 3.87. The first-order valence-electron chi connectivity index (χ1n) is 5.35. The second-order valence-corrected chi connectivity index (χ2v) is 4.79. The molecule has 2 nitrogen and oxygen atoms in total. The van der Waals surface area contributed by atoms with Crippen LogP contribution in [0.4, 0.5) is 33.3 Å². The molecule has 2 aromatic rings. The number of nitriles is 1. The maximum atomic E-state index is 13.5. The predicted octanol–water partition coefficient (Wildman–Crippen LogP) is 4.76. The smallest absolute Gasteiger partial charge is 0.200 e. The molecular weight excluding hydrogens is 359 g/mol. The Morgan fingerprint density at radius 1 is 0.905 bits per heavy atom. The van der Waals surface area contributed by atoms with Crippen molar-refractivity contribution in [2.75, 3.05) is 5.32 Å². The van der Waals surface area contributed by atoms with Crippen LogP contribution in [0.2, 0.25) is 0 Å². The second kappa shape index (κ2) is 5.69. The van der Waals surface area contributed by atoms with Crippen molar-refractivity contribution in [2.45, 2.75) is 0 Å². The third-order valence-electron chi connectivity index (χ3n) is 2.57. The fourth-order valence-corrected chi connectivity index (χ4v) is 1.93. The number of nitrogens with zero attached hydrogens (tertiary/aromatic N) is 1. The summed E-state index contributed by atoms with van der Waals surface area (Å²) in [7, 11) is 0. The first-order valence-corrected chi connectivity index (χ1v) is 6.14. The lowest BCUT2D eigenvalue weighted by molar-refractivity contribution is 0.382. The van der Waals surface area contributed by atoms with Gasteiger partial charge in [0.25, 0.3) is 0 Å². The predicted molar refractivity (Wildman–Crippen MR) is 68.4 cm³/mol. The van der Waals surface area contributed by atoms with Gasteiger partial charge < -0.3 is 5.32 Å². The van der Waals surface area contributed by atoms with Crippen LogP contribution in [0.3, 0.4) is 0 Å². The zero-order valence-electron chi connectivity index (χ0n) is 9.95. The van der Waals surface area contributed by atoms with Crippen LogP contribution in [0.5, 0.6) is 0 Å². The number of nitrogens with one attached hydrogen (secondary N) is 1. The molecule has 0 atom stereocenters. The van der Waals surface area contributed by atoms with Crippen LogP contribution < -0.4 is 5.32 Å². The quantitative estimate of drug-likeness (QED) is 0.475. The third-order valence-corrected chi connectivity index (χ3v) is 3.06. The maximum Gasteiger partial charge on any atom is 0.200 e. The normalized spacial score (nSPS) is 10.3. The van der Waals surface area contributed by atoms with E-state index < -0.39 is 34.8 Å². The number of hydrogen-bond acceptors (Lipinski definition) is 2. The molecule has 2 rings (SSSR count). The highest BCUT2D eigenvalue weighted by Gasteiger charge is 2.26. The monoisotopic (exact) mass is 362 g/mol. The molecular formula is C13H4BrF5N2. The number of hydrogen-bond donors (Lipinski definition) is 1. The molecule has 2 aromatic carbocycles. The van der Waals surface area contributed by atoms with Crippen LogP contribution >= 0.6 is 15.9 Å². The van der Waals surface area contributed by atoms with Gasteiger partial charge >= 0.3 is 0 Å². The van der Waals surface area contributed by atoms with E-state index in [2.05, 4.69) is 21.2 Å². The van der Waals surface area contributed by atoms with Crippen LogP contribution in [-0.4, -0.2) is 0 Å². The van der Waals surface area contributed by atoms with Crippen LogP contribution in [0.1, 0.15) is 5.56 Å². The molecule has 1 N–H and O–H groups in total. The Morgan fingerprint density at radius 3 is 1.95 bits per heavy atom. The molecule has 0 fully saturated rings. The average molecular weight is 363 g/mol. The molecule has 0 saturated heterocycles. The average Bonchev–Trinajstić information content (AvgIpc) is 2.48. The largest absolute Gasteiger partial charge is 0.349 e. The zero-order valence-corrected chi connectivity index (χ0v) is 11.5. The fourth-order valence-electron chi connectivity index (χ4n) is 1.57. The Labute approximate surface area is 123 Å². The zero-order chi connectivity index (χ0) is 15.7. The molecule has 0 unspecified atom stereocenters. The van der Waals surface area contributed by atoms with Crippen molar-refractivity contribution in [2.24, 2.45) is 0 Å². The van der Waals surface area contributed by atoms with Crippen molar-refractivity contribution in [1.29, 1.82) is 5.26 Å². The van der Waals surface area contributed by atoms with E-state index >= 15 is 0 Å². The molecule has 0 aliphatic carbocycles. The summed E-state index contributed by atoms with van der Waals surface area (Å²) < 4.78 is 66.6. The van der Waals surface area contributed by atoms with Crippen molar-refractivity contribution < 1.29 is 22.0 Å². The van der Waals surface area contributed by atoms with Crippen molar-refractivity contribution in [3.8, 4) is 6.07 Å². The molecule has 0 heterocycles. The summed E-state index contributed by atoms with van der Waals surface area (Å²) in [6.45, 7) is 0. The van der Waals surface area contributed by atoms with Gasteiger partial charge in [-0.05, 0) is 18.2 Å². The molecule has 0 aliphatic heterocycles. The van der Waals surface area contributed by atoms with Gasteiger partial charge in [-0.3, -0.25) is 0 Å². The SMILES string of the molecule is N#Cc1cc(Br)ccc1Nc1c(F)c(F)c(F)c(F)c1F. The number of halogens is 6. The number of anilines is 2. The summed E-state index contributed by atoms with van der Waals surface area (Å²) in [5, 5.41) is 11.0. The van der Waals surface area contributed by atoms with E-state index in [9.17, 15) is 22.0 Å². The molecule has 8 heteroatoms. The van der Waals surface area contributed by atoms with Gasteiger partial charge in [-0.2, -0.15) is 5.26 Å². The van der Waals surface area contributed by atoms with Gasteiger partial charge in [0.15, 0.2) is 23.3 Å². The molecule has 108 valence electrons. The number of benzene rings is 2. The van der Waals surface area contributed by atoms with E-state index in [-0.39, 0.29) is 11.3 Å². The van der Waals surface area contributed by atoms with Gasteiger partial charge in [-0.25, -0.2) is 22.0 Å². The Balaban J connectivity index is 2.58. The lowest BCUT2D eigenvalue weighted by Gasteiger charge is -2.12. The van der Waals surface area contributed by atoms with E-state index in [1.54, 1.807) is 6.07 Å². The summed E-state index contributed by atoms with van der Waals surface area (Å²) >= 11 is 3.09. The van der Waals surface area contributed by atoms with E-state index in [0.717, 1.165) is 0 Å². The first-order chi connectivity index (χ1) is 9.86. The van der Waals surface area contributed by atoms with Crippen molar-refractivity contribution in [3.63, 3.8) is 0 Å². The van der Waals surface area contributed by atoms with E-state index in [0.29, 0.717) is 4.47 Å². The van der Waals surface area contributed by atoms with Gasteiger partial charge in [0.1, 0.15) is 11.8 Å². The van der Waals surface area contributed by atoms with E-state index in [1.165, 1.54) is 18.2 Å². The maximum absolute atomic E-state index is 13.5. The van der Waals surface area contributed by atoms with E-state index in [4.69, 9.17) is 5.26 Å². The first kappa shape index (κ1) is 15.3. The van der Waals surface area contributed by atoms with Crippen LogP contribution in [0.15, 0.2) is 22.7 Å². The number of rotatable bonds is 2. The summed E-state index contributed by atoms with van der Waals surface area (Å²) in [5.41, 5.74) is -1.34. The van der Waals surface area contributed by atoms with Crippen LogP contribution in [0.25, 0.3) is 0 Å². The summed E-state index contributed by atoms with van der Waals surface area (Å²) in [4.78, 5) is 0. The summed E-state index contributed by atoms with van der Waals surface area (Å²) in [6.07, 6.45) is 0. The topological polar surface area (TPSA) is 35.8 Å². The lowest BCUT2D eigenvalue weighted by atomic mass is 10.1. The van der Waals surface area contributed by atoms with Gasteiger partial charge in [0.2, 0.25) is 5.82 Å². The molecule has 0 aromatic heterocycles. The minimum atomic E-state index is -2.24. The minimum absolute atomic E-state index is 0.0340. The fraction of sp³-hybridized carbons (Fsp3) is 0. The van der Waals surface area contributed by atoms with Gasteiger partial charge in [-0.1, -0.05) is 15.9 Å². The van der Waals surface area contributed by atoms with Crippen molar-refractivity contribution >= 4 is 27.3 Å². The van der Waals surface area contributed by atoms with E-state index in [1.807, 2.05) is 0 Å². The molecule has 0 radical (unpaired) electrons. The minimum Gasteiger partial charge on any atom is -0.349 e. The third kappa shape index (κ3) is 2.69. The molecule has 21 heavy (non-hydrogen) atoms. The molecule has 0 bridgehead atoms. The van der Waals surface area contributed by atoms with Gasteiger partial charge in [0.05, 0.1) is 11.3 Å². The lowest BCUT2D eigenvalue weighted by Crippen LogP contribution is -2.07. The molecule has 0 saturated carbocycles. The molecule has 0 aliphatic rings. The van der Waals surface area contributed by atoms with Gasteiger partial charge in [0, 0.05) is 4.47 Å². The highest BCUT2D eigenvalue weighted by Crippen LogP contribution is 2.31. The molecule has 0 amide bonds. The highest BCUT2D eigenvalue weighted by atomic mass is 79.9. The Kier molecular flexibility index (Phi) is 4.14. The van der Waals surface area contributed by atoms with Crippen LogP contribution in [-0.2, 0) is 0 Å². The highest BCUT2D eigenvalue weighted by molar-refractivity contribution is 9.10. The summed E-state index contributed by atoms with van der Waals surface area (Å²) in [5.74, 6) is -10.4. The standard InChI is InChI=1S/C13H4BrF5N2/c14-6-1-2-7(5(3-6)4-20)21-13-11(18)9(16)8(15)10(17)12(13)19/h1-3,21H. The summed E-state index contributed by atoms with van der Waals surface area (Å²) in [6, 6.07) is 5.77. The van der Waals surface area contributed by atoms with Crippen LogP contribution in [0, 0.1) is 40.4 Å². The van der Waals surface area contributed by atoms with Crippen molar-refractivity contribution in [3.05, 3.63) is 57.3 Å². The Morgan fingerprint density at radius 2 is 1.43 bits per heavy atom.